The molecule has 0 atom stereocenters. The van der Waals surface area contributed by atoms with Crippen molar-refractivity contribution in [3.63, 3.8) is 0 Å². The van der Waals surface area contributed by atoms with Crippen LogP contribution in [-0.4, -0.2) is 18.3 Å². The molecule has 2 nitrogen and oxygen atoms in total. The Bertz CT molecular complexity index is 252. The van der Waals surface area contributed by atoms with Crippen LogP contribution in [0.4, 0.5) is 0 Å². The van der Waals surface area contributed by atoms with Gasteiger partial charge in [-0.15, -0.1) is 0 Å². The van der Waals surface area contributed by atoms with E-state index in [-0.39, 0.29) is 6.61 Å². The highest BCUT2D eigenvalue weighted by molar-refractivity contribution is 5.28. The van der Waals surface area contributed by atoms with Crippen molar-refractivity contribution in [1.82, 2.24) is 0 Å². The third kappa shape index (κ3) is 3.38. The van der Waals surface area contributed by atoms with Crippen molar-refractivity contribution in [1.29, 1.82) is 0 Å². The van der Waals surface area contributed by atoms with Crippen LogP contribution in [-0.2, 0) is 0 Å². The second kappa shape index (κ2) is 5.66. The molecule has 0 bridgehead atoms. The highest BCUT2D eigenvalue weighted by atomic mass is 16.5. The summed E-state index contributed by atoms with van der Waals surface area (Å²) in [5.41, 5.74) is 1.32. The van der Waals surface area contributed by atoms with Crippen molar-refractivity contribution in [2.75, 3.05) is 13.2 Å². The third-order valence-electron chi connectivity index (χ3n) is 2.12. The Morgan fingerprint density at radius 2 is 1.86 bits per heavy atom. The number of rotatable bonds is 5. The average molecular weight is 194 g/mol. The largest absolute Gasteiger partial charge is 0.494 e. The standard InChI is InChI=1S/C12H18O2/c1-10(2)11-4-6-12(7-5-11)14-9-3-8-13/h4-7,10,13H,3,8-9H2,1-2H3. The molecule has 0 aliphatic rings. The highest BCUT2D eigenvalue weighted by Gasteiger charge is 1.98. The Morgan fingerprint density at radius 3 is 2.36 bits per heavy atom. The predicted octanol–water partition coefficient (Wildman–Crippen LogP) is 2.57. The molecule has 0 aromatic heterocycles. The first-order valence-corrected chi connectivity index (χ1v) is 5.07. The minimum atomic E-state index is 0.185. The molecule has 1 rings (SSSR count). The van der Waals surface area contributed by atoms with Gasteiger partial charge in [0.2, 0.25) is 0 Å². The summed E-state index contributed by atoms with van der Waals surface area (Å²) in [5.74, 6) is 1.43. The maximum Gasteiger partial charge on any atom is 0.119 e. The summed E-state index contributed by atoms with van der Waals surface area (Å²) < 4.78 is 5.42. The van der Waals surface area contributed by atoms with Crippen LogP contribution in [0.15, 0.2) is 24.3 Å². The quantitative estimate of drug-likeness (QED) is 0.730. The molecular formula is C12H18O2. The Morgan fingerprint density at radius 1 is 1.21 bits per heavy atom. The zero-order valence-corrected chi connectivity index (χ0v) is 8.86. The van der Waals surface area contributed by atoms with E-state index in [4.69, 9.17) is 9.84 Å². The van der Waals surface area contributed by atoms with Gasteiger partial charge in [-0.2, -0.15) is 0 Å². The average Bonchev–Trinajstić information content (AvgIpc) is 2.19. The molecule has 1 aromatic rings. The minimum absolute atomic E-state index is 0.185. The predicted molar refractivity (Wildman–Crippen MR) is 57.7 cm³/mol. The number of benzene rings is 1. The molecule has 0 radical (unpaired) electrons. The van der Waals surface area contributed by atoms with Crippen molar-refractivity contribution >= 4 is 0 Å². The second-order valence-corrected chi connectivity index (χ2v) is 3.65. The first-order valence-electron chi connectivity index (χ1n) is 5.07. The van der Waals surface area contributed by atoms with Gasteiger partial charge in [0.15, 0.2) is 0 Å². The molecule has 14 heavy (non-hydrogen) atoms. The fourth-order valence-corrected chi connectivity index (χ4v) is 1.20. The van der Waals surface area contributed by atoms with Crippen molar-refractivity contribution in [2.24, 2.45) is 0 Å². The van der Waals surface area contributed by atoms with E-state index in [0.717, 1.165) is 5.75 Å². The lowest BCUT2D eigenvalue weighted by Gasteiger charge is -2.08. The van der Waals surface area contributed by atoms with Crippen LogP contribution < -0.4 is 4.74 Å². The number of hydrogen-bond acceptors (Lipinski definition) is 2. The second-order valence-electron chi connectivity index (χ2n) is 3.65. The maximum absolute atomic E-state index is 8.58. The van der Waals surface area contributed by atoms with Crippen molar-refractivity contribution in [2.45, 2.75) is 26.2 Å². The molecule has 2 heteroatoms. The molecule has 0 heterocycles. The molecule has 0 unspecified atom stereocenters. The van der Waals surface area contributed by atoms with Gasteiger partial charge in [0.05, 0.1) is 6.61 Å². The first kappa shape index (κ1) is 11.1. The van der Waals surface area contributed by atoms with Crippen LogP contribution in [0, 0.1) is 0 Å². The van der Waals surface area contributed by atoms with Crippen molar-refractivity contribution in [3.8, 4) is 5.75 Å². The van der Waals surface area contributed by atoms with Gasteiger partial charge >= 0.3 is 0 Å². The molecule has 0 fully saturated rings. The number of hydrogen-bond donors (Lipinski definition) is 1. The van der Waals surface area contributed by atoms with Gasteiger partial charge in [0.1, 0.15) is 5.75 Å². The van der Waals surface area contributed by atoms with Crippen LogP contribution >= 0.6 is 0 Å². The molecule has 0 amide bonds. The fraction of sp³-hybridized carbons (Fsp3) is 0.500. The Kier molecular flexibility index (Phi) is 4.47. The lowest BCUT2D eigenvalue weighted by molar-refractivity contribution is 0.233. The van der Waals surface area contributed by atoms with E-state index in [1.54, 1.807) is 0 Å². The molecule has 0 aliphatic carbocycles. The van der Waals surface area contributed by atoms with Crippen LogP contribution in [0.1, 0.15) is 31.7 Å². The Labute approximate surface area is 85.5 Å². The number of aliphatic hydroxyl groups is 1. The maximum atomic E-state index is 8.58. The van der Waals surface area contributed by atoms with E-state index in [9.17, 15) is 0 Å². The lowest BCUT2D eigenvalue weighted by Crippen LogP contribution is -1.99. The molecule has 0 spiro atoms. The van der Waals surface area contributed by atoms with Crippen LogP contribution in [0.2, 0.25) is 0 Å². The van der Waals surface area contributed by atoms with Crippen LogP contribution in [0.3, 0.4) is 0 Å². The topological polar surface area (TPSA) is 29.5 Å². The monoisotopic (exact) mass is 194 g/mol. The fourth-order valence-electron chi connectivity index (χ4n) is 1.20. The minimum Gasteiger partial charge on any atom is -0.494 e. The van der Waals surface area contributed by atoms with Gasteiger partial charge in [-0.05, 0) is 23.6 Å². The Balaban J connectivity index is 2.47. The van der Waals surface area contributed by atoms with Crippen molar-refractivity contribution < 1.29 is 9.84 Å². The smallest absolute Gasteiger partial charge is 0.119 e. The molecule has 0 saturated heterocycles. The van der Waals surface area contributed by atoms with Gasteiger partial charge < -0.3 is 9.84 Å². The van der Waals surface area contributed by atoms with Gasteiger partial charge in [0.25, 0.3) is 0 Å². The molecule has 1 aromatic carbocycles. The molecule has 0 aliphatic heterocycles. The van der Waals surface area contributed by atoms with Gasteiger partial charge in [-0.3, -0.25) is 0 Å². The number of ether oxygens (including phenoxy) is 1. The summed E-state index contributed by atoms with van der Waals surface area (Å²) in [6, 6.07) is 8.12. The van der Waals surface area contributed by atoms with Gasteiger partial charge in [-0.25, -0.2) is 0 Å². The van der Waals surface area contributed by atoms with Gasteiger partial charge in [-0.1, -0.05) is 26.0 Å². The van der Waals surface area contributed by atoms with E-state index < -0.39 is 0 Å². The van der Waals surface area contributed by atoms with E-state index in [0.29, 0.717) is 18.9 Å². The molecule has 1 N–H and O–H groups in total. The van der Waals surface area contributed by atoms with Crippen molar-refractivity contribution in [3.05, 3.63) is 29.8 Å². The van der Waals surface area contributed by atoms with E-state index in [1.165, 1.54) is 5.56 Å². The molecular weight excluding hydrogens is 176 g/mol. The van der Waals surface area contributed by atoms with Crippen LogP contribution in [0.25, 0.3) is 0 Å². The summed E-state index contributed by atoms with van der Waals surface area (Å²) in [6.07, 6.45) is 0.686. The normalized spacial score (nSPS) is 10.6. The SMILES string of the molecule is CC(C)c1ccc(OCCCO)cc1. The first-order chi connectivity index (χ1) is 6.74. The summed E-state index contributed by atoms with van der Waals surface area (Å²) in [7, 11) is 0. The van der Waals surface area contributed by atoms with E-state index in [1.807, 2.05) is 12.1 Å². The zero-order valence-electron chi connectivity index (χ0n) is 8.86. The Hall–Kier alpha value is -1.02. The lowest BCUT2D eigenvalue weighted by atomic mass is 10.0. The third-order valence-corrected chi connectivity index (χ3v) is 2.12. The zero-order chi connectivity index (χ0) is 10.4. The van der Waals surface area contributed by atoms with E-state index >= 15 is 0 Å². The summed E-state index contributed by atoms with van der Waals surface area (Å²) in [6.45, 7) is 5.10. The summed E-state index contributed by atoms with van der Waals surface area (Å²) >= 11 is 0. The molecule has 78 valence electrons. The molecule has 0 saturated carbocycles. The summed E-state index contributed by atoms with van der Waals surface area (Å²) in [4.78, 5) is 0. The number of aliphatic hydroxyl groups excluding tert-OH is 1. The van der Waals surface area contributed by atoms with Gasteiger partial charge in [0, 0.05) is 13.0 Å². The summed E-state index contributed by atoms with van der Waals surface area (Å²) in [5, 5.41) is 8.58. The highest BCUT2D eigenvalue weighted by Crippen LogP contribution is 2.18. The van der Waals surface area contributed by atoms with Crippen LogP contribution in [0.5, 0.6) is 5.75 Å². The van der Waals surface area contributed by atoms with E-state index in [2.05, 4.69) is 26.0 Å².